The van der Waals surface area contributed by atoms with Gasteiger partial charge in [0.05, 0.1) is 10.6 Å². The summed E-state index contributed by atoms with van der Waals surface area (Å²) >= 11 is 0. The molecule has 126 valence electrons. The van der Waals surface area contributed by atoms with E-state index in [1.54, 1.807) is 30.3 Å². The van der Waals surface area contributed by atoms with Crippen LogP contribution in [0.3, 0.4) is 0 Å². The van der Waals surface area contributed by atoms with Gasteiger partial charge in [0.25, 0.3) is 0 Å². The van der Waals surface area contributed by atoms with Gasteiger partial charge in [0.2, 0.25) is 5.82 Å². The van der Waals surface area contributed by atoms with E-state index < -0.39 is 22.2 Å². The van der Waals surface area contributed by atoms with E-state index in [9.17, 15) is 18.9 Å². The van der Waals surface area contributed by atoms with Crippen LogP contribution in [0.15, 0.2) is 54.9 Å². The maximum atomic E-state index is 13.8. The first-order chi connectivity index (χ1) is 12.0. The van der Waals surface area contributed by atoms with Crippen molar-refractivity contribution in [3.8, 4) is 11.6 Å². The number of benzene rings is 2. The van der Waals surface area contributed by atoms with E-state index >= 15 is 0 Å². The third-order valence-corrected chi connectivity index (χ3v) is 3.11. The van der Waals surface area contributed by atoms with E-state index in [0.717, 1.165) is 24.5 Å². The second kappa shape index (κ2) is 6.87. The predicted octanol–water partition coefficient (Wildman–Crippen LogP) is 4.20. The number of ether oxygens (including phenoxy) is 1. The van der Waals surface area contributed by atoms with E-state index in [0.29, 0.717) is 5.75 Å². The molecule has 0 spiro atoms. The van der Waals surface area contributed by atoms with Gasteiger partial charge in [0, 0.05) is 6.07 Å². The predicted molar refractivity (Wildman–Crippen MR) is 84.8 cm³/mol. The summed E-state index contributed by atoms with van der Waals surface area (Å²) < 4.78 is 32.4. The van der Waals surface area contributed by atoms with Gasteiger partial charge in [0.1, 0.15) is 23.7 Å². The lowest BCUT2D eigenvalue weighted by Gasteiger charge is -2.10. The highest BCUT2D eigenvalue weighted by Crippen LogP contribution is 2.35. The number of rotatable bonds is 5. The Kier molecular flexibility index (Phi) is 4.46. The number of nitrogens with one attached hydrogen (secondary N) is 1. The minimum Gasteiger partial charge on any atom is -0.434 e. The van der Waals surface area contributed by atoms with Gasteiger partial charge < -0.3 is 10.1 Å². The second-order valence-corrected chi connectivity index (χ2v) is 4.80. The lowest BCUT2D eigenvalue weighted by atomic mass is 10.3. The Morgan fingerprint density at radius 2 is 1.84 bits per heavy atom. The van der Waals surface area contributed by atoms with Crippen molar-refractivity contribution in [2.45, 2.75) is 0 Å². The van der Waals surface area contributed by atoms with Crippen molar-refractivity contribution in [1.29, 1.82) is 0 Å². The summed E-state index contributed by atoms with van der Waals surface area (Å²) in [4.78, 5) is 18.1. The van der Waals surface area contributed by atoms with Gasteiger partial charge in [-0.1, -0.05) is 18.2 Å². The maximum Gasteiger partial charge on any atom is 0.373 e. The molecule has 1 heterocycles. The van der Waals surface area contributed by atoms with E-state index in [4.69, 9.17) is 4.74 Å². The molecule has 0 aliphatic heterocycles. The molecular formula is C16H10F2N4O3. The van der Waals surface area contributed by atoms with Gasteiger partial charge in [0.15, 0.2) is 0 Å². The Balaban J connectivity index is 2.01. The van der Waals surface area contributed by atoms with Crippen molar-refractivity contribution in [2.75, 3.05) is 5.32 Å². The number of nitro groups is 1. The number of halogens is 2. The van der Waals surface area contributed by atoms with Crippen LogP contribution < -0.4 is 10.1 Å². The molecule has 0 bridgehead atoms. The van der Waals surface area contributed by atoms with Crippen LogP contribution in [0.4, 0.5) is 26.0 Å². The fourth-order valence-corrected chi connectivity index (χ4v) is 2.01. The number of aromatic nitrogens is 2. The van der Waals surface area contributed by atoms with Crippen molar-refractivity contribution in [1.82, 2.24) is 9.97 Å². The van der Waals surface area contributed by atoms with Crippen molar-refractivity contribution in [2.24, 2.45) is 0 Å². The topological polar surface area (TPSA) is 90.2 Å². The fourth-order valence-electron chi connectivity index (χ4n) is 2.01. The molecule has 0 amide bonds. The Morgan fingerprint density at radius 1 is 1.08 bits per heavy atom. The standard InChI is InChI=1S/C16H10F2N4O3/c17-10-6-7-12(18)13(8-10)21-15-14(22(23)24)16(20-9-19-15)25-11-4-2-1-3-5-11/h1-9H,(H,19,20,21). The Hall–Kier alpha value is -3.62. The fraction of sp³-hybridized carbons (Fsp3) is 0. The van der Waals surface area contributed by atoms with Gasteiger partial charge in [-0.25, -0.2) is 13.8 Å². The zero-order valence-corrected chi connectivity index (χ0v) is 12.5. The van der Waals surface area contributed by atoms with E-state index in [1.807, 2.05) is 0 Å². The van der Waals surface area contributed by atoms with Crippen molar-refractivity contribution in [3.63, 3.8) is 0 Å². The molecule has 0 unspecified atom stereocenters. The first kappa shape index (κ1) is 16.2. The Labute approximate surface area is 140 Å². The number of hydrogen-bond acceptors (Lipinski definition) is 6. The Bertz CT molecular complexity index is 923. The average molecular weight is 344 g/mol. The normalized spacial score (nSPS) is 10.3. The Morgan fingerprint density at radius 3 is 2.56 bits per heavy atom. The van der Waals surface area contributed by atoms with Crippen LogP contribution in [0.25, 0.3) is 0 Å². The molecule has 0 saturated heterocycles. The second-order valence-electron chi connectivity index (χ2n) is 4.80. The SMILES string of the molecule is O=[N+]([O-])c1c(Nc2cc(F)ccc2F)ncnc1Oc1ccccc1. The van der Waals surface area contributed by atoms with Crippen LogP contribution in [0.2, 0.25) is 0 Å². The van der Waals surface area contributed by atoms with Gasteiger partial charge in [-0.3, -0.25) is 10.1 Å². The molecule has 7 nitrogen and oxygen atoms in total. The lowest BCUT2D eigenvalue weighted by molar-refractivity contribution is -0.385. The van der Waals surface area contributed by atoms with Gasteiger partial charge >= 0.3 is 11.6 Å². The molecule has 0 fully saturated rings. The van der Waals surface area contributed by atoms with Crippen LogP contribution in [0.1, 0.15) is 0 Å². The molecule has 25 heavy (non-hydrogen) atoms. The quantitative estimate of drug-likeness (QED) is 0.551. The largest absolute Gasteiger partial charge is 0.434 e. The minimum absolute atomic E-state index is 0.299. The highest BCUT2D eigenvalue weighted by atomic mass is 19.1. The van der Waals surface area contributed by atoms with Crippen LogP contribution in [-0.2, 0) is 0 Å². The van der Waals surface area contributed by atoms with Gasteiger partial charge in [-0.15, -0.1) is 0 Å². The molecule has 1 aromatic heterocycles. The monoisotopic (exact) mass is 344 g/mol. The highest BCUT2D eigenvalue weighted by molar-refractivity contribution is 5.69. The average Bonchev–Trinajstić information content (AvgIpc) is 2.59. The number of anilines is 2. The number of hydrogen-bond donors (Lipinski definition) is 1. The summed E-state index contributed by atoms with van der Waals surface area (Å²) in [5.41, 5.74) is -0.900. The van der Waals surface area contributed by atoms with Crippen LogP contribution in [0, 0.1) is 21.7 Å². The zero-order valence-electron chi connectivity index (χ0n) is 12.5. The molecule has 3 aromatic rings. The van der Waals surface area contributed by atoms with E-state index in [1.165, 1.54) is 0 Å². The summed E-state index contributed by atoms with van der Waals surface area (Å²) in [6, 6.07) is 11.0. The molecule has 9 heteroatoms. The first-order valence-corrected chi connectivity index (χ1v) is 6.99. The first-order valence-electron chi connectivity index (χ1n) is 6.99. The molecular weight excluding hydrogens is 334 g/mol. The summed E-state index contributed by atoms with van der Waals surface area (Å²) in [6.45, 7) is 0. The van der Waals surface area contributed by atoms with Crippen molar-refractivity contribution >= 4 is 17.2 Å². The van der Waals surface area contributed by atoms with E-state index in [2.05, 4.69) is 15.3 Å². The summed E-state index contributed by atoms with van der Waals surface area (Å²) in [6.07, 6.45) is 1.02. The van der Waals surface area contributed by atoms with Crippen LogP contribution >= 0.6 is 0 Å². The minimum atomic E-state index is -0.792. The third kappa shape index (κ3) is 3.66. The smallest absolute Gasteiger partial charge is 0.373 e. The molecule has 0 atom stereocenters. The van der Waals surface area contributed by atoms with E-state index in [-0.39, 0.29) is 17.4 Å². The third-order valence-electron chi connectivity index (χ3n) is 3.11. The number of nitrogens with zero attached hydrogens (tertiary/aromatic N) is 3. The van der Waals surface area contributed by atoms with Crippen LogP contribution in [-0.4, -0.2) is 14.9 Å². The molecule has 0 radical (unpaired) electrons. The maximum absolute atomic E-state index is 13.8. The molecule has 1 N–H and O–H groups in total. The summed E-state index contributed by atoms with van der Waals surface area (Å²) in [5, 5.41) is 13.8. The zero-order chi connectivity index (χ0) is 17.8. The summed E-state index contributed by atoms with van der Waals surface area (Å²) in [7, 11) is 0. The van der Waals surface area contributed by atoms with Gasteiger partial charge in [-0.05, 0) is 24.3 Å². The molecule has 0 saturated carbocycles. The molecule has 2 aromatic carbocycles. The molecule has 0 aliphatic rings. The number of para-hydroxylation sites is 1. The lowest BCUT2D eigenvalue weighted by Crippen LogP contribution is -2.04. The van der Waals surface area contributed by atoms with Crippen molar-refractivity contribution in [3.05, 3.63) is 76.6 Å². The van der Waals surface area contributed by atoms with Gasteiger partial charge in [-0.2, -0.15) is 4.98 Å². The summed E-state index contributed by atoms with van der Waals surface area (Å²) in [5.74, 6) is -1.82. The van der Waals surface area contributed by atoms with Crippen molar-refractivity contribution < 1.29 is 18.4 Å². The highest BCUT2D eigenvalue weighted by Gasteiger charge is 2.26. The molecule has 3 rings (SSSR count). The molecule has 0 aliphatic carbocycles. The van der Waals surface area contributed by atoms with Crippen LogP contribution in [0.5, 0.6) is 11.6 Å².